The summed E-state index contributed by atoms with van der Waals surface area (Å²) in [5, 5.41) is 10.5. The van der Waals surface area contributed by atoms with Gasteiger partial charge in [0.2, 0.25) is 5.95 Å². The number of phosphoric acid groups is 1. The Morgan fingerprint density at radius 1 is 1.50 bits per heavy atom. The maximum atomic E-state index is 11.9. The molecule has 1 saturated heterocycles. The van der Waals surface area contributed by atoms with E-state index in [0.29, 0.717) is 0 Å². The van der Waals surface area contributed by atoms with E-state index in [-0.39, 0.29) is 23.7 Å². The zero-order valence-electron chi connectivity index (χ0n) is 13.8. The number of hydrogen-bond donors (Lipinski definition) is 4. The maximum Gasteiger partial charge on any atom is 0.472 e. The van der Waals surface area contributed by atoms with E-state index in [1.807, 2.05) is 0 Å². The fourth-order valence-corrected chi connectivity index (χ4v) is 3.17. The van der Waals surface area contributed by atoms with Gasteiger partial charge in [-0.15, -0.1) is 0 Å². The summed E-state index contributed by atoms with van der Waals surface area (Å²) < 4.78 is 32.8. The largest absolute Gasteiger partial charge is 0.472 e. The molecule has 1 aliphatic rings. The van der Waals surface area contributed by atoms with Gasteiger partial charge in [-0.3, -0.25) is 23.4 Å². The van der Waals surface area contributed by atoms with Gasteiger partial charge in [0.15, 0.2) is 17.4 Å². The number of aromatic nitrogens is 4. The molecule has 1 aliphatic heterocycles. The number of anilines is 1. The van der Waals surface area contributed by atoms with E-state index in [1.165, 1.54) is 18.0 Å². The van der Waals surface area contributed by atoms with Gasteiger partial charge < -0.3 is 25.2 Å². The molecule has 5 atom stereocenters. The van der Waals surface area contributed by atoms with Crippen LogP contribution in [0.15, 0.2) is 11.1 Å². The number of imidazole rings is 1. The number of phosphoric ester groups is 1. The molecule has 0 amide bonds. The highest BCUT2D eigenvalue weighted by molar-refractivity contribution is 7.47. The number of methoxy groups -OCH3 is 1. The number of aromatic amines is 1. The lowest BCUT2D eigenvalue weighted by Crippen LogP contribution is -2.35. The Labute approximate surface area is 146 Å². The van der Waals surface area contributed by atoms with Gasteiger partial charge in [-0.05, 0) is 0 Å². The van der Waals surface area contributed by atoms with Gasteiger partial charge in [0, 0.05) is 14.2 Å². The molecule has 0 bridgehead atoms. The number of nitrogens with zero attached hydrogens (tertiary/aromatic N) is 3. The predicted octanol–water partition coefficient (Wildman–Crippen LogP) is -1.26. The Kier molecular flexibility index (Phi) is 5.12. The molecular formula is C12H18N5O8P. The first-order chi connectivity index (χ1) is 12.3. The SMILES string of the molecule is COC1C(O)[C@H](n2cnc3c(=O)[nH]c(N)nc32)O[C@@H]1COP(=O)(O)OC. The summed E-state index contributed by atoms with van der Waals surface area (Å²) in [5.74, 6) is -0.124. The summed E-state index contributed by atoms with van der Waals surface area (Å²) in [5.41, 5.74) is 5.13. The molecule has 3 unspecified atom stereocenters. The summed E-state index contributed by atoms with van der Waals surface area (Å²) >= 11 is 0. The van der Waals surface area contributed by atoms with E-state index < -0.39 is 37.9 Å². The molecule has 14 heteroatoms. The average Bonchev–Trinajstić information content (AvgIpc) is 3.13. The van der Waals surface area contributed by atoms with Gasteiger partial charge in [-0.25, -0.2) is 9.55 Å². The van der Waals surface area contributed by atoms with Crippen LogP contribution in [-0.4, -0.2) is 68.7 Å². The van der Waals surface area contributed by atoms with Crippen molar-refractivity contribution >= 4 is 24.9 Å². The summed E-state index contributed by atoms with van der Waals surface area (Å²) in [4.78, 5) is 31.5. The third-order valence-corrected chi connectivity index (χ3v) is 4.88. The van der Waals surface area contributed by atoms with Gasteiger partial charge in [0.25, 0.3) is 5.56 Å². The molecule has 0 aliphatic carbocycles. The second-order valence-corrected chi connectivity index (χ2v) is 7.04. The van der Waals surface area contributed by atoms with Gasteiger partial charge in [-0.2, -0.15) is 4.98 Å². The Morgan fingerprint density at radius 2 is 2.23 bits per heavy atom. The molecule has 144 valence electrons. The highest BCUT2D eigenvalue weighted by Crippen LogP contribution is 2.43. The molecule has 1 fully saturated rings. The van der Waals surface area contributed by atoms with E-state index in [9.17, 15) is 19.4 Å². The summed E-state index contributed by atoms with van der Waals surface area (Å²) in [6.45, 7) is -0.379. The van der Waals surface area contributed by atoms with Crippen molar-refractivity contribution in [2.45, 2.75) is 24.5 Å². The van der Waals surface area contributed by atoms with Gasteiger partial charge in [0.1, 0.15) is 18.3 Å². The normalized spacial score (nSPS) is 28.5. The monoisotopic (exact) mass is 391 g/mol. The van der Waals surface area contributed by atoms with Crippen molar-refractivity contribution in [2.75, 3.05) is 26.6 Å². The fraction of sp³-hybridized carbons (Fsp3) is 0.583. The zero-order valence-corrected chi connectivity index (χ0v) is 14.7. The molecule has 26 heavy (non-hydrogen) atoms. The van der Waals surface area contributed by atoms with E-state index in [1.54, 1.807) is 0 Å². The minimum Gasteiger partial charge on any atom is -0.386 e. The molecule has 2 aromatic rings. The number of rotatable bonds is 6. The highest BCUT2D eigenvalue weighted by atomic mass is 31.2. The molecule has 3 rings (SSSR count). The second-order valence-electron chi connectivity index (χ2n) is 5.48. The van der Waals surface area contributed by atoms with Crippen LogP contribution in [0.1, 0.15) is 6.23 Å². The van der Waals surface area contributed by atoms with Crippen LogP contribution < -0.4 is 11.3 Å². The first-order valence-electron chi connectivity index (χ1n) is 7.39. The van der Waals surface area contributed by atoms with Gasteiger partial charge in [-0.1, -0.05) is 0 Å². The van der Waals surface area contributed by atoms with Crippen LogP contribution in [0.3, 0.4) is 0 Å². The van der Waals surface area contributed by atoms with E-state index in [0.717, 1.165) is 7.11 Å². The summed E-state index contributed by atoms with van der Waals surface area (Å²) in [6.07, 6.45) is -2.75. The second kappa shape index (κ2) is 7.04. The van der Waals surface area contributed by atoms with Crippen LogP contribution in [0.4, 0.5) is 5.95 Å². The number of nitrogens with two attached hydrogens (primary N) is 1. The zero-order chi connectivity index (χ0) is 19.1. The molecule has 5 N–H and O–H groups in total. The van der Waals surface area contributed by atoms with Crippen molar-refractivity contribution < 1.29 is 33.1 Å². The molecule has 0 aromatic carbocycles. The molecule has 2 aromatic heterocycles. The van der Waals surface area contributed by atoms with Crippen LogP contribution in [-0.2, 0) is 23.1 Å². The summed E-state index contributed by atoms with van der Waals surface area (Å²) in [6, 6.07) is 0. The number of hydrogen-bond acceptors (Lipinski definition) is 10. The van der Waals surface area contributed by atoms with Crippen molar-refractivity contribution in [1.82, 2.24) is 19.5 Å². The number of aliphatic hydroxyl groups excluding tert-OH is 1. The molecule has 13 nitrogen and oxygen atoms in total. The smallest absolute Gasteiger partial charge is 0.386 e. The van der Waals surface area contributed by atoms with Crippen molar-refractivity contribution in [1.29, 1.82) is 0 Å². The van der Waals surface area contributed by atoms with E-state index in [4.69, 9.17) is 19.7 Å². The van der Waals surface area contributed by atoms with E-state index in [2.05, 4.69) is 19.5 Å². The number of aliphatic hydroxyl groups is 1. The van der Waals surface area contributed by atoms with Crippen LogP contribution in [0.25, 0.3) is 11.2 Å². The highest BCUT2D eigenvalue weighted by Gasteiger charge is 2.46. The quantitative estimate of drug-likeness (QED) is 0.431. The van der Waals surface area contributed by atoms with Crippen molar-refractivity contribution in [3.05, 3.63) is 16.7 Å². The van der Waals surface area contributed by atoms with Crippen LogP contribution >= 0.6 is 7.82 Å². The molecule has 0 radical (unpaired) electrons. The number of H-pyrrole nitrogens is 1. The molecule has 0 spiro atoms. The minimum atomic E-state index is -4.23. The Morgan fingerprint density at radius 3 is 2.88 bits per heavy atom. The van der Waals surface area contributed by atoms with E-state index >= 15 is 0 Å². The Balaban J connectivity index is 1.89. The minimum absolute atomic E-state index is 0.0166. The number of nitrogens with one attached hydrogen (secondary N) is 1. The Bertz CT molecular complexity index is 899. The lowest BCUT2D eigenvalue weighted by molar-refractivity contribution is -0.0533. The third-order valence-electron chi connectivity index (χ3n) is 3.94. The number of nitrogen functional groups attached to an aromatic ring is 1. The number of ether oxygens (including phenoxy) is 2. The topological polar surface area (TPSA) is 184 Å². The first kappa shape index (κ1) is 18.9. The van der Waals surface area contributed by atoms with Crippen LogP contribution in [0.5, 0.6) is 0 Å². The third kappa shape index (κ3) is 3.38. The molecule has 0 saturated carbocycles. The maximum absolute atomic E-state index is 11.9. The van der Waals surface area contributed by atoms with Gasteiger partial charge in [0.05, 0.1) is 12.9 Å². The van der Waals surface area contributed by atoms with Crippen molar-refractivity contribution in [3.8, 4) is 0 Å². The van der Waals surface area contributed by atoms with Gasteiger partial charge >= 0.3 is 7.82 Å². The summed E-state index contributed by atoms with van der Waals surface area (Å²) in [7, 11) is -1.86. The molecule has 3 heterocycles. The van der Waals surface area contributed by atoms with Crippen molar-refractivity contribution in [3.63, 3.8) is 0 Å². The lowest BCUT2D eigenvalue weighted by atomic mass is 10.1. The van der Waals surface area contributed by atoms with Crippen LogP contribution in [0.2, 0.25) is 0 Å². The van der Waals surface area contributed by atoms with Crippen molar-refractivity contribution in [2.24, 2.45) is 0 Å². The predicted molar refractivity (Wildman–Crippen MR) is 86.1 cm³/mol. The lowest BCUT2D eigenvalue weighted by Gasteiger charge is -2.19. The first-order valence-corrected chi connectivity index (χ1v) is 8.88. The average molecular weight is 391 g/mol. The van der Waals surface area contributed by atoms with Crippen LogP contribution in [0, 0.1) is 0 Å². The Hall–Kier alpha value is -1.86. The number of fused-ring (bicyclic) bond motifs is 1. The fourth-order valence-electron chi connectivity index (χ4n) is 2.72. The standard InChI is InChI=1S/C12H18N5O8P/c1-22-8-5(3-24-26(20,21)23-2)25-11(7(8)18)17-4-14-6-9(17)15-12(13)16-10(6)19/h4-5,7-8,11,18H,3H2,1-2H3,(H,20,21)(H3,13,15,16,19)/t5-,7?,8?,11-/m1/s1. The molecular weight excluding hydrogens is 373 g/mol.